The number of benzene rings is 1. The fraction of sp³-hybridized carbons (Fsp3) is 0.455. The number of nitrogens with one attached hydrogen (secondary N) is 2. The number of nitrogens with two attached hydrogens (primary N) is 1. The first kappa shape index (κ1) is 15.1. The predicted octanol–water partition coefficient (Wildman–Crippen LogP) is 1.34. The molecule has 0 saturated carbocycles. The molecule has 0 amide bonds. The van der Waals surface area contributed by atoms with Crippen LogP contribution in [0, 0.1) is 0 Å². The molecule has 0 radical (unpaired) electrons. The fourth-order valence-electron chi connectivity index (χ4n) is 1.41. The lowest BCUT2D eigenvalue weighted by Crippen LogP contribution is -2.19. The first-order valence-electron chi connectivity index (χ1n) is 5.57. The van der Waals surface area contributed by atoms with Crippen LogP contribution in [0.5, 0.6) is 0 Å². The van der Waals surface area contributed by atoms with E-state index in [2.05, 4.69) is 16.3 Å². The van der Waals surface area contributed by atoms with Gasteiger partial charge in [0.1, 0.15) is 0 Å². The Kier molecular flexibility index (Phi) is 5.77. The van der Waals surface area contributed by atoms with Gasteiger partial charge in [0.05, 0.1) is 16.3 Å². The zero-order valence-corrected chi connectivity index (χ0v) is 12.2. The van der Waals surface area contributed by atoms with Crippen molar-refractivity contribution < 1.29 is 8.42 Å². The number of rotatable bonds is 7. The van der Waals surface area contributed by atoms with Gasteiger partial charge < -0.3 is 11.1 Å². The summed E-state index contributed by atoms with van der Waals surface area (Å²) >= 11 is 1.77. The molecule has 18 heavy (non-hydrogen) atoms. The third-order valence-electron chi connectivity index (χ3n) is 2.44. The van der Waals surface area contributed by atoms with E-state index < -0.39 is 10.0 Å². The number of thioether (sulfide) groups is 1. The SMILES string of the molecule is CNS(=O)(=O)c1ccc(N)c(NCCCSC)c1. The molecule has 0 atom stereocenters. The van der Waals surface area contributed by atoms with Crippen LogP contribution >= 0.6 is 11.8 Å². The molecule has 1 rings (SSSR count). The zero-order valence-electron chi connectivity index (χ0n) is 10.6. The third-order valence-corrected chi connectivity index (χ3v) is 4.55. The minimum atomic E-state index is -3.42. The minimum absolute atomic E-state index is 0.214. The highest BCUT2D eigenvalue weighted by molar-refractivity contribution is 7.98. The van der Waals surface area contributed by atoms with Crippen LogP contribution in [0.3, 0.4) is 0 Å². The molecule has 0 heterocycles. The summed E-state index contributed by atoms with van der Waals surface area (Å²) in [5, 5.41) is 3.15. The molecule has 0 aliphatic rings. The quantitative estimate of drug-likeness (QED) is 0.521. The van der Waals surface area contributed by atoms with Crippen LogP contribution in [0.2, 0.25) is 0 Å². The summed E-state index contributed by atoms with van der Waals surface area (Å²) in [7, 11) is -2.04. The molecule has 102 valence electrons. The first-order valence-corrected chi connectivity index (χ1v) is 8.45. The molecule has 7 heteroatoms. The highest BCUT2D eigenvalue weighted by Crippen LogP contribution is 2.22. The highest BCUT2D eigenvalue weighted by Gasteiger charge is 2.12. The molecular weight excluding hydrogens is 270 g/mol. The molecule has 0 spiro atoms. The van der Waals surface area contributed by atoms with Crippen LogP contribution in [0.1, 0.15) is 6.42 Å². The van der Waals surface area contributed by atoms with E-state index in [1.54, 1.807) is 23.9 Å². The van der Waals surface area contributed by atoms with Gasteiger partial charge in [0, 0.05) is 6.54 Å². The molecule has 0 bridgehead atoms. The molecule has 0 aliphatic heterocycles. The average Bonchev–Trinajstić information content (AvgIpc) is 2.36. The third kappa shape index (κ3) is 4.08. The minimum Gasteiger partial charge on any atom is -0.397 e. The Labute approximate surface area is 113 Å². The van der Waals surface area contributed by atoms with E-state index in [1.165, 1.54) is 13.1 Å². The summed E-state index contributed by atoms with van der Waals surface area (Å²) in [5.41, 5.74) is 7.02. The van der Waals surface area contributed by atoms with Crippen LogP contribution in [-0.2, 0) is 10.0 Å². The summed E-state index contributed by atoms with van der Waals surface area (Å²) in [6.07, 6.45) is 3.05. The average molecular weight is 289 g/mol. The smallest absolute Gasteiger partial charge is 0.240 e. The Balaban J connectivity index is 2.82. The van der Waals surface area contributed by atoms with E-state index in [1.807, 2.05) is 0 Å². The van der Waals surface area contributed by atoms with Gasteiger partial charge >= 0.3 is 0 Å². The van der Waals surface area contributed by atoms with Crippen molar-refractivity contribution in [1.82, 2.24) is 4.72 Å². The van der Waals surface area contributed by atoms with Crippen molar-refractivity contribution in [3.8, 4) is 0 Å². The molecule has 0 aromatic heterocycles. The maximum absolute atomic E-state index is 11.7. The first-order chi connectivity index (χ1) is 8.51. The van der Waals surface area contributed by atoms with Crippen molar-refractivity contribution in [2.75, 3.05) is 36.7 Å². The summed E-state index contributed by atoms with van der Waals surface area (Å²) < 4.78 is 25.6. The predicted molar refractivity (Wildman–Crippen MR) is 78.6 cm³/mol. The van der Waals surface area contributed by atoms with Gasteiger partial charge in [-0.1, -0.05) is 0 Å². The lowest BCUT2D eigenvalue weighted by molar-refractivity contribution is 0.588. The van der Waals surface area contributed by atoms with Gasteiger partial charge in [0.25, 0.3) is 0 Å². The van der Waals surface area contributed by atoms with Gasteiger partial charge in [0.2, 0.25) is 10.0 Å². The molecule has 0 saturated heterocycles. The standard InChI is InChI=1S/C11H19N3O2S2/c1-13-18(15,16)9-4-5-10(12)11(8-9)14-6-3-7-17-2/h4-5,8,13-14H,3,6-7,12H2,1-2H3. The number of sulfonamides is 1. The van der Waals surface area contributed by atoms with Crippen molar-refractivity contribution in [3.63, 3.8) is 0 Å². The molecule has 0 fully saturated rings. The van der Waals surface area contributed by atoms with Crippen molar-refractivity contribution >= 4 is 33.2 Å². The molecule has 1 aromatic rings. The highest BCUT2D eigenvalue weighted by atomic mass is 32.2. The molecule has 5 nitrogen and oxygen atoms in total. The molecule has 4 N–H and O–H groups in total. The lowest BCUT2D eigenvalue weighted by Gasteiger charge is -2.11. The van der Waals surface area contributed by atoms with E-state index in [-0.39, 0.29) is 4.90 Å². The Morgan fingerprint density at radius 2 is 2.11 bits per heavy atom. The number of anilines is 2. The second-order valence-electron chi connectivity index (χ2n) is 3.73. The molecule has 0 unspecified atom stereocenters. The van der Waals surface area contributed by atoms with Gasteiger partial charge in [-0.25, -0.2) is 13.1 Å². The van der Waals surface area contributed by atoms with Gasteiger partial charge in [0.15, 0.2) is 0 Å². The largest absolute Gasteiger partial charge is 0.397 e. The molecular formula is C11H19N3O2S2. The van der Waals surface area contributed by atoms with Crippen LogP contribution in [0.15, 0.2) is 23.1 Å². The van der Waals surface area contributed by atoms with E-state index in [9.17, 15) is 8.42 Å². The number of hydrogen-bond donors (Lipinski definition) is 3. The van der Waals surface area contributed by atoms with Gasteiger partial charge in [-0.05, 0) is 43.7 Å². The normalized spacial score (nSPS) is 11.4. The van der Waals surface area contributed by atoms with Crippen LogP contribution in [-0.4, -0.2) is 34.0 Å². The Bertz CT molecular complexity index is 489. The summed E-state index contributed by atoms with van der Waals surface area (Å²) in [5.74, 6) is 1.06. The second-order valence-corrected chi connectivity index (χ2v) is 6.60. The monoisotopic (exact) mass is 289 g/mol. The Hall–Kier alpha value is -0.920. The van der Waals surface area contributed by atoms with Crippen LogP contribution < -0.4 is 15.8 Å². The molecule has 0 aliphatic carbocycles. The van der Waals surface area contributed by atoms with Crippen molar-refractivity contribution in [1.29, 1.82) is 0 Å². The Morgan fingerprint density at radius 1 is 1.39 bits per heavy atom. The topological polar surface area (TPSA) is 84.2 Å². The number of hydrogen-bond acceptors (Lipinski definition) is 5. The maximum atomic E-state index is 11.7. The second kappa shape index (κ2) is 6.86. The summed E-state index contributed by atoms with van der Waals surface area (Å²) in [6, 6.07) is 4.65. The Morgan fingerprint density at radius 3 is 2.72 bits per heavy atom. The van der Waals surface area contributed by atoms with Crippen molar-refractivity contribution in [3.05, 3.63) is 18.2 Å². The van der Waals surface area contributed by atoms with E-state index in [4.69, 9.17) is 5.73 Å². The van der Waals surface area contributed by atoms with Gasteiger partial charge in [-0.15, -0.1) is 0 Å². The lowest BCUT2D eigenvalue weighted by atomic mass is 10.2. The van der Waals surface area contributed by atoms with Crippen LogP contribution in [0.25, 0.3) is 0 Å². The van der Waals surface area contributed by atoms with E-state index in [0.717, 1.165) is 18.7 Å². The van der Waals surface area contributed by atoms with E-state index in [0.29, 0.717) is 11.4 Å². The zero-order chi connectivity index (χ0) is 13.6. The summed E-state index contributed by atoms with van der Waals surface area (Å²) in [6.45, 7) is 0.772. The number of nitrogen functional groups attached to an aromatic ring is 1. The van der Waals surface area contributed by atoms with Crippen molar-refractivity contribution in [2.45, 2.75) is 11.3 Å². The summed E-state index contributed by atoms with van der Waals surface area (Å²) in [4.78, 5) is 0.214. The maximum Gasteiger partial charge on any atom is 0.240 e. The van der Waals surface area contributed by atoms with Gasteiger partial charge in [-0.3, -0.25) is 0 Å². The van der Waals surface area contributed by atoms with Crippen LogP contribution in [0.4, 0.5) is 11.4 Å². The van der Waals surface area contributed by atoms with E-state index >= 15 is 0 Å². The van der Waals surface area contributed by atoms with Crippen molar-refractivity contribution in [2.24, 2.45) is 0 Å². The fourth-order valence-corrected chi connectivity index (χ4v) is 2.60. The molecule has 1 aromatic carbocycles. The van der Waals surface area contributed by atoms with Gasteiger partial charge in [-0.2, -0.15) is 11.8 Å².